The maximum Gasteiger partial charge on any atom is 0.143 e. The lowest BCUT2D eigenvalue weighted by Crippen LogP contribution is -2.36. The van der Waals surface area contributed by atoms with Crippen molar-refractivity contribution in [3.05, 3.63) is 35.4 Å². The van der Waals surface area contributed by atoms with Crippen LogP contribution in [0.5, 0.6) is 0 Å². The highest BCUT2D eigenvalue weighted by Crippen LogP contribution is 2.36. The Morgan fingerprint density at radius 2 is 2.00 bits per heavy atom. The Hall–Kier alpha value is -1.11. The molecule has 74 valence electrons. The van der Waals surface area contributed by atoms with Gasteiger partial charge in [0, 0.05) is 6.42 Å². The average Bonchev–Trinajstić information content (AvgIpc) is 2.24. The van der Waals surface area contributed by atoms with Gasteiger partial charge in [-0.2, -0.15) is 0 Å². The van der Waals surface area contributed by atoms with Gasteiger partial charge in [-0.25, -0.2) is 0 Å². The number of Topliss-reactive ketones (excluding diaryl/α,β-unsaturated/α-hetero) is 1. The molecule has 1 nitrogen and oxygen atoms in total. The lowest BCUT2D eigenvalue weighted by Gasteiger charge is -2.33. The minimum Gasteiger partial charge on any atom is -0.299 e. The fourth-order valence-corrected chi connectivity index (χ4v) is 2.34. The number of carbonyl (C=O) groups excluding carboxylic acids is 1. The predicted molar refractivity (Wildman–Crippen MR) is 57.4 cm³/mol. The summed E-state index contributed by atoms with van der Waals surface area (Å²) in [6, 6.07) is 8.35. The molecular weight excluding hydrogens is 172 g/mol. The van der Waals surface area contributed by atoms with Gasteiger partial charge in [0.15, 0.2) is 0 Å². The minimum absolute atomic E-state index is 0.227. The highest BCUT2D eigenvalue weighted by molar-refractivity contribution is 5.91. The predicted octanol–water partition coefficient (Wildman–Crippen LogP) is 2.87. The highest BCUT2D eigenvalue weighted by Gasteiger charge is 2.37. The second-order valence-corrected chi connectivity index (χ2v) is 4.27. The van der Waals surface area contributed by atoms with Crippen LogP contribution in [0.1, 0.15) is 37.8 Å². The fourth-order valence-electron chi connectivity index (χ4n) is 2.34. The summed E-state index contributed by atoms with van der Waals surface area (Å²) in [6.07, 6.45) is 2.54. The SMILES string of the molecule is CCC1(C)C(=O)CCc2ccccc21. The summed E-state index contributed by atoms with van der Waals surface area (Å²) in [4.78, 5) is 11.9. The molecule has 1 aromatic carbocycles. The lowest BCUT2D eigenvalue weighted by atomic mass is 9.69. The third-order valence-corrected chi connectivity index (χ3v) is 3.56. The van der Waals surface area contributed by atoms with Crippen molar-refractivity contribution in [2.45, 2.75) is 38.5 Å². The van der Waals surface area contributed by atoms with Gasteiger partial charge in [-0.3, -0.25) is 4.79 Å². The first kappa shape index (κ1) is 9.45. The van der Waals surface area contributed by atoms with Crippen molar-refractivity contribution < 1.29 is 4.79 Å². The summed E-state index contributed by atoms with van der Waals surface area (Å²) < 4.78 is 0. The lowest BCUT2D eigenvalue weighted by molar-refractivity contribution is -0.124. The Morgan fingerprint density at radius 1 is 1.29 bits per heavy atom. The first-order valence-corrected chi connectivity index (χ1v) is 5.30. The number of fused-ring (bicyclic) bond motifs is 1. The second-order valence-electron chi connectivity index (χ2n) is 4.27. The van der Waals surface area contributed by atoms with Gasteiger partial charge in [-0.15, -0.1) is 0 Å². The topological polar surface area (TPSA) is 17.1 Å². The van der Waals surface area contributed by atoms with E-state index in [4.69, 9.17) is 0 Å². The normalized spacial score (nSPS) is 26.0. The molecule has 0 saturated carbocycles. The number of hydrogen-bond acceptors (Lipinski definition) is 1. The molecule has 0 heterocycles. The van der Waals surface area contributed by atoms with Crippen molar-refractivity contribution in [3.8, 4) is 0 Å². The Labute approximate surface area is 85.1 Å². The smallest absolute Gasteiger partial charge is 0.143 e. The molecule has 1 atom stereocenters. The maximum atomic E-state index is 11.9. The molecule has 1 aliphatic rings. The van der Waals surface area contributed by atoms with Gasteiger partial charge in [-0.1, -0.05) is 31.2 Å². The Bertz CT molecular complexity index is 367. The van der Waals surface area contributed by atoms with E-state index in [9.17, 15) is 4.79 Å². The summed E-state index contributed by atoms with van der Waals surface area (Å²) in [6.45, 7) is 4.17. The summed E-state index contributed by atoms with van der Waals surface area (Å²) in [5, 5.41) is 0. The molecule has 0 bridgehead atoms. The fraction of sp³-hybridized carbons (Fsp3) is 0.462. The van der Waals surface area contributed by atoms with E-state index in [1.807, 2.05) is 6.07 Å². The van der Waals surface area contributed by atoms with Crippen LogP contribution in [-0.2, 0) is 16.6 Å². The third-order valence-electron chi connectivity index (χ3n) is 3.56. The molecule has 0 aromatic heterocycles. The molecule has 0 spiro atoms. The number of rotatable bonds is 1. The van der Waals surface area contributed by atoms with Gasteiger partial charge in [0.05, 0.1) is 5.41 Å². The maximum absolute atomic E-state index is 11.9. The minimum atomic E-state index is -0.227. The standard InChI is InChI=1S/C13H16O/c1-3-13(2)11-7-5-4-6-10(11)8-9-12(13)14/h4-7H,3,8-9H2,1-2H3. The van der Waals surface area contributed by atoms with E-state index in [0.29, 0.717) is 12.2 Å². The summed E-state index contributed by atoms with van der Waals surface area (Å²) in [7, 11) is 0. The van der Waals surface area contributed by atoms with E-state index in [1.165, 1.54) is 11.1 Å². The Morgan fingerprint density at radius 3 is 2.71 bits per heavy atom. The number of ketones is 1. The molecule has 2 rings (SSSR count). The number of hydrogen-bond donors (Lipinski definition) is 0. The van der Waals surface area contributed by atoms with Gasteiger partial charge in [0.2, 0.25) is 0 Å². The van der Waals surface area contributed by atoms with Crippen molar-refractivity contribution in [2.24, 2.45) is 0 Å². The van der Waals surface area contributed by atoms with Gasteiger partial charge < -0.3 is 0 Å². The van der Waals surface area contributed by atoms with E-state index in [1.54, 1.807) is 0 Å². The van der Waals surface area contributed by atoms with Gasteiger partial charge in [0.1, 0.15) is 5.78 Å². The first-order valence-electron chi connectivity index (χ1n) is 5.30. The van der Waals surface area contributed by atoms with E-state index < -0.39 is 0 Å². The molecule has 0 amide bonds. The van der Waals surface area contributed by atoms with Crippen LogP contribution < -0.4 is 0 Å². The summed E-state index contributed by atoms with van der Waals surface area (Å²) in [5.74, 6) is 0.402. The van der Waals surface area contributed by atoms with Crippen LogP contribution in [0.3, 0.4) is 0 Å². The van der Waals surface area contributed by atoms with E-state index >= 15 is 0 Å². The zero-order chi connectivity index (χ0) is 10.2. The second kappa shape index (κ2) is 3.23. The van der Waals surface area contributed by atoms with Crippen molar-refractivity contribution in [1.82, 2.24) is 0 Å². The molecule has 0 fully saturated rings. The van der Waals surface area contributed by atoms with Crippen LogP contribution >= 0.6 is 0 Å². The molecule has 1 unspecified atom stereocenters. The molecule has 14 heavy (non-hydrogen) atoms. The van der Waals surface area contributed by atoms with Crippen LogP contribution in [0, 0.1) is 0 Å². The van der Waals surface area contributed by atoms with Gasteiger partial charge in [0.25, 0.3) is 0 Å². The van der Waals surface area contributed by atoms with Crippen LogP contribution in [-0.4, -0.2) is 5.78 Å². The molecule has 1 aliphatic carbocycles. The van der Waals surface area contributed by atoms with E-state index in [-0.39, 0.29) is 5.41 Å². The van der Waals surface area contributed by atoms with Crippen molar-refractivity contribution in [2.75, 3.05) is 0 Å². The molecular formula is C13H16O. The quantitative estimate of drug-likeness (QED) is 0.662. The number of carbonyl (C=O) groups is 1. The molecule has 1 aromatic rings. The summed E-state index contributed by atoms with van der Waals surface area (Å²) >= 11 is 0. The zero-order valence-electron chi connectivity index (χ0n) is 8.84. The Balaban J connectivity index is 2.57. The van der Waals surface area contributed by atoms with Crippen LogP contribution in [0.4, 0.5) is 0 Å². The zero-order valence-corrected chi connectivity index (χ0v) is 8.84. The average molecular weight is 188 g/mol. The summed E-state index contributed by atoms with van der Waals surface area (Å²) in [5.41, 5.74) is 2.38. The van der Waals surface area contributed by atoms with Crippen LogP contribution in [0.15, 0.2) is 24.3 Å². The van der Waals surface area contributed by atoms with Crippen molar-refractivity contribution in [3.63, 3.8) is 0 Å². The monoisotopic (exact) mass is 188 g/mol. The first-order chi connectivity index (χ1) is 6.68. The highest BCUT2D eigenvalue weighted by atomic mass is 16.1. The largest absolute Gasteiger partial charge is 0.299 e. The molecule has 0 saturated heterocycles. The van der Waals surface area contributed by atoms with Crippen molar-refractivity contribution in [1.29, 1.82) is 0 Å². The van der Waals surface area contributed by atoms with Crippen LogP contribution in [0.25, 0.3) is 0 Å². The number of aryl methyl sites for hydroxylation is 1. The van der Waals surface area contributed by atoms with Crippen LogP contribution in [0.2, 0.25) is 0 Å². The third kappa shape index (κ3) is 1.19. The molecule has 0 N–H and O–H groups in total. The molecule has 0 aliphatic heterocycles. The number of benzene rings is 1. The van der Waals surface area contributed by atoms with E-state index in [0.717, 1.165) is 12.8 Å². The van der Waals surface area contributed by atoms with Gasteiger partial charge in [-0.05, 0) is 30.9 Å². The molecule has 0 radical (unpaired) electrons. The van der Waals surface area contributed by atoms with Gasteiger partial charge >= 0.3 is 0 Å². The Kier molecular flexibility index (Phi) is 2.18. The van der Waals surface area contributed by atoms with Crippen molar-refractivity contribution >= 4 is 5.78 Å². The molecule has 1 heteroatoms. The van der Waals surface area contributed by atoms with E-state index in [2.05, 4.69) is 32.0 Å².